The summed E-state index contributed by atoms with van der Waals surface area (Å²) in [6.45, 7) is 0.634. The van der Waals surface area contributed by atoms with Gasteiger partial charge in [0.05, 0.1) is 16.2 Å². The second kappa shape index (κ2) is 7.34. The van der Waals surface area contributed by atoms with Gasteiger partial charge >= 0.3 is 0 Å². The molecular weight excluding hydrogens is 407 g/mol. The highest BCUT2D eigenvalue weighted by Crippen LogP contribution is 2.33. The maximum Gasteiger partial charge on any atom is 0.195 e. The van der Waals surface area contributed by atoms with E-state index in [1.165, 1.54) is 18.2 Å². The summed E-state index contributed by atoms with van der Waals surface area (Å²) < 4.78 is 21.8. The van der Waals surface area contributed by atoms with Crippen LogP contribution in [0.4, 0.5) is 10.1 Å². The standard InChI is InChI=1S/C22H18ClFN4O2/c23-16-10-14(19(25)13-4-3-8-26-20(13)16)22(29)12-6-7-17(24)21-15(12)11-28(27-21)18-5-1-2-9-30-18/h3-4,6-8,10-11,18H,1-2,5,9,25H2. The van der Waals surface area contributed by atoms with E-state index in [0.717, 1.165) is 19.3 Å². The van der Waals surface area contributed by atoms with E-state index in [-0.39, 0.29) is 28.8 Å². The number of rotatable bonds is 3. The van der Waals surface area contributed by atoms with E-state index in [1.54, 1.807) is 29.2 Å². The van der Waals surface area contributed by atoms with Crippen LogP contribution in [0, 0.1) is 5.82 Å². The van der Waals surface area contributed by atoms with E-state index in [1.807, 2.05) is 0 Å². The van der Waals surface area contributed by atoms with Gasteiger partial charge in [-0.3, -0.25) is 9.78 Å². The molecule has 0 aliphatic carbocycles. The lowest BCUT2D eigenvalue weighted by Crippen LogP contribution is -2.18. The van der Waals surface area contributed by atoms with Crippen LogP contribution in [0.1, 0.15) is 41.4 Å². The highest BCUT2D eigenvalue weighted by Gasteiger charge is 2.24. The monoisotopic (exact) mass is 424 g/mol. The summed E-state index contributed by atoms with van der Waals surface area (Å²) in [5.74, 6) is -0.848. The molecule has 8 heteroatoms. The van der Waals surface area contributed by atoms with Crippen molar-refractivity contribution in [2.75, 3.05) is 12.3 Å². The molecule has 2 N–H and O–H groups in total. The van der Waals surface area contributed by atoms with Gasteiger partial charge in [-0.05, 0) is 49.6 Å². The number of carbonyl (C=O) groups excluding carboxylic acids is 1. The molecule has 1 atom stereocenters. The molecule has 1 fully saturated rings. The molecule has 3 heterocycles. The third kappa shape index (κ3) is 3.02. The Morgan fingerprint density at radius 2 is 2.07 bits per heavy atom. The minimum Gasteiger partial charge on any atom is -0.398 e. The van der Waals surface area contributed by atoms with Gasteiger partial charge in [-0.25, -0.2) is 9.07 Å². The van der Waals surface area contributed by atoms with Crippen molar-refractivity contribution in [2.45, 2.75) is 25.5 Å². The Balaban J connectivity index is 1.65. The van der Waals surface area contributed by atoms with Gasteiger partial charge in [-0.15, -0.1) is 0 Å². The number of nitrogens with zero attached hydrogens (tertiary/aromatic N) is 3. The van der Waals surface area contributed by atoms with E-state index < -0.39 is 5.82 Å². The lowest BCUT2D eigenvalue weighted by molar-refractivity contribution is -0.0391. The number of anilines is 1. The number of ether oxygens (including phenoxy) is 1. The second-order valence-corrected chi connectivity index (χ2v) is 7.74. The van der Waals surface area contributed by atoms with Crippen molar-refractivity contribution in [3.63, 3.8) is 0 Å². The molecular formula is C22H18ClFN4O2. The number of aromatic nitrogens is 3. The topological polar surface area (TPSA) is 83.0 Å². The van der Waals surface area contributed by atoms with Crippen LogP contribution >= 0.6 is 11.6 Å². The maximum absolute atomic E-state index is 14.5. The van der Waals surface area contributed by atoms with Crippen LogP contribution in [0.25, 0.3) is 21.8 Å². The van der Waals surface area contributed by atoms with Crippen molar-refractivity contribution in [2.24, 2.45) is 0 Å². The summed E-state index contributed by atoms with van der Waals surface area (Å²) in [6.07, 6.45) is 5.81. The Bertz CT molecular complexity index is 1300. The second-order valence-electron chi connectivity index (χ2n) is 7.34. The third-order valence-electron chi connectivity index (χ3n) is 5.47. The Morgan fingerprint density at radius 3 is 2.87 bits per heavy atom. The van der Waals surface area contributed by atoms with Crippen molar-refractivity contribution in [1.82, 2.24) is 14.8 Å². The van der Waals surface area contributed by atoms with E-state index in [2.05, 4.69) is 10.1 Å². The molecule has 1 unspecified atom stereocenters. The van der Waals surface area contributed by atoms with Crippen molar-refractivity contribution >= 4 is 44.9 Å². The fourth-order valence-electron chi connectivity index (χ4n) is 3.93. The number of nitrogen functional groups attached to an aromatic ring is 1. The summed E-state index contributed by atoms with van der Waals surface area (Å²) in [4.78, 5) is 17.7. The zero-order valence-electron chi connectivity index (χ0n) is 15.9. The van der Waals surface area contributed by atoms with Crippen molar-refractivity contribution < 1.29 is 13.9 Å². The Morgan fingerprint density at radius 1 is 1.20 bits per heavy atom. The molecule has 0 radical (unpaired) electrons. The number of hydrogen-bond acceptors (Lipinski definition) is 5. The summed E-state index contributed by atoms with van der Waals surface area (Å²) in [6, 6.07) is 7.70. The van der Waals surface area contributed by atoms with E-state index in [9.17, 15) is 9.18 Å². The molecule has 0 saturated carbocycles. The van der Waals surface area contributed by atoms with Gasteiger partial charge in [0.25, 0.3) is 0 Å². The Labute approximate surface area is 176 Å². The lowest BCUT2D eigenvalue weighted by Gasteiger charge is -2.22. The average Bonchev–Trinajstić information content (AvgIpc) is 3.23. The van der Waals surface area contributed by atoms with Crippen LogP contribution in [0.15, 0.2) is 42.7 Å². The van der Waals surface area contributed by atoms with Gasteiger partial charge in [0.15, 0.2) is 11.6 Å². The zero-order valence-corrected chi connectivity index (χ0v) is 16.7. The molecule has 2 aromatic heterocycles. The van der Waals surface area contributed by atoms with Gasteiger partial charge in [0.1, 0.15) is 11.7 Å². The SMILES string of the molecule is Nc1c(C(=O)c2ccc(F)c3nn(C4CCCCO4)cc23)cc(Cl)c2ncccc12. The van der Waals surface area contributed by atoms with Gasteiger partial charge < -0.3 is 10.5 Å². The minimum absolute atomic E-state index is 0.127. The van der Waals surface area contributed by atoms with Crippen LogP contribution in [-0.4, -0.2) is 27.2 Å². The predicted octanol–water partition coefficient (Wildman–Crippen LogP) is 4.89. The smallest absolute Gasteiger partial charge is 0.195 e. The number of fused-ring (bicyclic) bond motifs is 2. The Hall–Kier alpha value is -3.03. The van der Waals surface area contributed by atoms with E-state index in [4.69, 9.17) is 22.1 Å². The first-order valence-electron chi connectivity index (χ1n) is 9.71. The van der Waals surface area contributed by atoms with E-state index >= 15 is 0 Å². The number of benzene rings is 2. The number of hydrogen-bond donors (Lipinski definition) is 1. The number of pyridine rings is 1. The molecule has 1 aliphatic heterocycles. The third-order valence-corrected chi connectivity index (χ3v) is 5.76. The summed E-state index contributed by atoms with van der Waals surface area (Å²) in [7, 11) is 0. The van der Waals surface area contributed by atoms with Crippen LogP contribution in [0.5, 0.6) is 0 Å². The first-order chi connectivity index (χ1) is 14.5. The molecule has 5 rings (SSSR count). The molecule has 2 aromatic carbocycles. The normalized spacial score (nSPS) is 16.9. The summed E-state index contributed by atoms with van der Waals surface area (Å²) in [5.41, 5.74) is 7.78. The van der Waals surface area contributed by atoms with Crippen LogP contribution < -0.4 is 5.73 Å². The molecule has 1 aliphatic rings. The zero-order chi connectivity index (χ0) is 20.8. The molecule has 0 bridgehead atoms. The lowest BCUT2D eigenvalue weighted by atomic mass is 9.97. The predicted molar refractivity (Wildman–Crippen MR) is 113 cm³/mol. The average molecular weight is 425 g/mol. The first-order valence-corrected chi connectivity index (χ1v) is 10.1. The number of carbonyl (C=O) groups is 1. The molecule has 0 amide bonds. The van der Waals surface area contributed by atoms with Crippen LogP contribution in [0.2, 0.25) is 5.02 Å². The number of nitrogens with two attached hydrogens (primary N) is 1. The van der Waals surface area contributed by atoms with Gasteiger partial charge in [0, 0.05) is 40.9 Å². The van der Waals surface area contributed by atoms with Gasteiger partial charge in [-0.2, -0.15) is 5.10 Å². The Kier molecular flexibility index (Phi) is 4.64. The highest BCUT2D eigenvalue weighted by molar-refractivity contribution is 6.37. The van der Waals surface area contributed by atoms with E-state index in [0.29, 0.717) is 33.5 Å². The molecule has 6 nitrogen and oxygen atoms in total. The van der Waals surface area contributed by atoms with Crippen molar-refractivity contribution in [1.29, 1.82) is 0 Å². The molecule has 152 valence electrons. The van der Waals surface area contributed by atoms with Gasteiger partial charge in [0.2, 0.25) is 0 Å². The van der Waals surface area contributed by atoms with Crippen molar-refractivity contribution in [3.05, 3.63) is 64.7 Å². The number of halogens is 2. The van der Waals surface area contributed by atoms with Crippen molar-refractivity contribution in [3.8, 4) is 0 Å². The molecule has 1 saturated heterocycles. The van der Waals surface area contributed by atoms with Crippen LogP contribution in [0.3, 0.4) is 0 Å². The largest absolute Gasteiger partial charge is 0.398 e. The first kappa shape index (κ1) is 19.0. The highest BCUT2D eigenvalue weighted by atomic mass is 35.5. The summed E-state index contributed by atoms with van der Waals surface area (Å²) >= 11 is 6.35. The quantitative estimate of drug-likeness (QED) is 0.374. The van der Waals surface area contributed by atoms with Gasteiger partial charge in [-0.1, -0.05) is 11.6 Å². The number of ketones is 1. The molecule has 4 aromatic rings. The molecule has 0 spiro atoms. The minimum atomic E-state index is -0.496. The molecule has 30 heavy (non-hydrogen) atoms. The van der Waals surface area contributed by atoms with Crippen LogP contribution in [-0.2, 0) is 4.74 Å². The fourth-order valence-corrected chi connectivity index (χ4v) is 4.19. The fraction of sp³-hybridized carbons (Fsp3) is 0.227. The summed E-state index contributed by atoms with van der Waals surface area (Å²) in [5, 5.41) is 5.69. The maximum atomic E-state index is 14.5.